The molecule has 336 valence electrons. The maximum atomic E-state index is 16.3. The number of amides is 6. The molecule has 9 rings (SSSR count). The highest BCUT2D eigenvalue weighted by molar-refractivity contribution is 6.31. The summed E-state index contributed by atoms with van der Waals surface area (Å²) in [6.45, 7) is 4.34. The maximum absolute atomic E-state index is 16.3. The molecule has 0 bridgehead atoms. The van der Waals surface area contributed by atoms with Crippen LogP contribution in [0.15, 0.2) is 91.1 Å². The number of benzene rings is 4. The van der Waals surface area contributed by atoms with E-state index in [0.717, 1.165) is 19.3 Å². The van der Waals surface area contributed by atoms with Crippen LogP contribution in [0.1, 0.15) is 108 Å². The fourth-order valence-electron chi connectivity index (χ4n) is 10.9. The Morgan fingerprint density at radius 3 is 2.43 bits per heavy atom. The zero-order valence-corrected chi connectivity index (χ0v) is 37.0. The molecule has 4 aromatic carbocycles. The lowest BCUT2D eigenvalue weighted by Gasteiger charge is -2.47. The minimum absolute atomic E-state index is 0.116. The molecule has 4 atom stereocenters. The van der Waals surface area contributed by atoms with E-state index in [2.05, 4.69) is 38.5 Å². The minimum atomic E-state index is -1.37. The SMILES string of the molecule is C=C1CCC(N2Cc3c(NC(=O)CCCCNC(=O)c4ccc(NC(=O)[C@@H]5NC6(CCCCC6)[C@@]6(C(=O)Nc7cc(Cl)ccc76)[C@H]5c5cccc(Cl)c5F)cc4)cccc3C2=O)C(=O)N1. The Bertz CT molecular complexity index is 2650. The summed E-state index contributed by atoms with van der Waals surface area (Å²) in [6, 6.07) is 19.7. The van der Waals surface area contributed by atoms with E-state index in [0.29, 0.717) is 95.1 Å². The second-order valence-corrected chi connectivity index (χ2v) is 18.4. The number of hydrogen-bond acceptors (Lipinski definition) is 7. The van der Waals surface area contributed by atoms with Gasteiger partial charge in [0.15, 0.2) is 0 Å². The molecule has 2 spiro atoms. The third kappa shape index (κ3) is 7.84. The van der Waals surface area contributed by atoms with Crippen LogP contribution < -0.4 is 31.9 Å². The van der Waals surface area contributed by atoms with Crippen molar-refractivity contribution in [1.82, 2.24) is 20.9 Å². The minimum Gasteiger partial charge on any atom is -0.352 e. The van der Waals surface area contributed by atoms with Crippen molar-refractivity contribution in [1.29, 1.82) is 0 Å². The van der Waals surface area contributed by atoms with Gasteiger partial charge in [-0.25, -0.2) is 4.39 Å². The van der Waals surface area contributed by atoms with E-state index in [4.69, 9.17) is 23.2 Å². The van der Waals surface area contributed by atoms with Gasteiger partial charge >= 0.3 is 0 Å². The molecular weight excluding hydrogens is 872 g/mol. The molecular formula is C49H48Cl2FN7O6. The second-order valence-electron chi connectivity index (χ2n) is 17.6. The van der Waals surface area contributed by atoms with Gasteiger partial charge in [0.1, 0.15) is 17.3 Å². The molecule has 6 N–H and O–H groups in total. The Balaban J connectivity index is 0.822. The molecule has 6 amide bonds. The van der Waals surface area contributed by atoms with Crippen molar-refractivity contribution in [2.24, 2.45) is 0 Å². The van der Waals surface area contributed by atoms with Crippen LogP contribution in [-0.2, 0) is 31.1 Å². The molecule has 0 radical (unpaired) electrons. The monoisotopic (exact) mass is 919 g/mol. The summed E-state index contributed by atoms with van der Waals surface area (Å²) in [5, 5.41) is 18.5. The molecule has 5 aliphatic rings. The zero-order chi connectivity index (χ0) is 45.6. The highest BCUT2D eigenvalue weighted by Crippen LogP contribution is 2.63. The first-order chi connectivity index (χ1) is 31.3. The number of carbonyl (C=O) groups excluding carboxylic acids is 6. The van der Waals surface area contributed by atoms with Crippen molar-refractivity contribution in [3.63, 3.8) is 0 Å². The number of nitrogens with zero attached hydrogens (tertiary/aromatic N) is 1. The van der Waals surface area contributed by atoms with Crippen molar-refractivity contribution in [2.75, 3.05) is 22.5 Å². The molecule has 0 aromatic heterocycles. The predicted molar refractivity (Wildman–Crippen MR) is 245 cm³/mol. The van der Waals surface area contributed by atoms with Crippen molar-refractivity contribution in [3.8, 4) is 0 Å². The van der Waals surface area contributed by atoms with E-state index in [1.165, 1.54) is 6.07 Å². The molecule has 1 saturated carbocycles. The van der Waals surface area contributed by atoms with Crippen LogP contribution in [0.4, 0.5) is 21.5 Å². The summed E-state index contributed by atoms with van der Waals surface area (Å²) >= 11 is 12.8. The second kappa shape index (κ2) is 17.7. The van der Waals surface area contributed by atoms with E-state index in [-0.39, 0.29) is 53.1 Å². The van der Waals surface area contributed by atoms with E-state index in [1.54, 1.807) is 77.7 Å². The number of rotatable bonds is 11. The lowest BCUT2D eigenvalue weighted by molar-refractivity contribution is -0.126. The van der Waals surface area contributed by atoms with Crippen molar-refractivity contribution < 1.29 is 33.2 Å². The molecule has 65 heavy (non-hydrogen) atoms. The standard InChI is InChI=1S/C49H48Cl2FN7O6/c1-27-14-21-38(44(62)54-27)59-26-33-31(46(59)64)9-8-12-36(33)56-39(60)13-3-6-24-53-43(61)28-15-18-30(19-16-28)55-45(63)42-40(32-10-7-11-35(51)41(32)52)49(48(58-42)22-4-2-5-23-48)34-20-17-29(50)25-37(34)57-47(49)65/h7-12,15-20,25,38,40,42,58H,1-6,13-14,21-24,26H2,(H,53,61)(H,54,62)(H,55,63)(H,56,60)(H,57,65)/t38?,40-,42+,49+/m0/s1. The van der Waals surface area contributed by atoms with Gasteiger partial charge in [-0.1, -0.05) is 73.3 Å². The number of fused-ring (bicyclic) bond motifs is 4. The van der Waals surface area contributed by atoms with Crippen LogP contribution in [0, 0.1) is 5.82 Å². The van der Waals surface area contributed by atoms with E-state index in [9.17, 15) is 28.8 Å². The Morgan fingerprint density at radius 2 is 1.66 bits per heavy atom. The topological polar surface area (TPSA) is 178 Å². The third-order valence-corrected chi connectivity index (χ3v) is 14.3. The van der Waals surface area contributed by atoms with Gasteiger partial charge in [0, 0.05) is 75.4 Å². The first-order valence-corrected chi connectivity index (χ1v) is 22.8. The van der Waals surface area contributed by atoms with Crippen LogP contribution in [0.5, 0.6) is 0 Å². The molecule has 4 aromatic rings. The summed E-state index contributed by atoms with van der Waals surface area (Å²) in [7, 11) is 0. The first-order valence-electron chi connectivity index (χ1n) is 22.0. The first kappa shape index (κ1) is 44.1. The summed E-state index contributed by atoms with van der Waals surface area (Å²) < 4.78 is 16.3. The molecule has 16 heteroatoms. The number of piperidine rings is 1. The van der Waals surface area contributed by atoms with E-state index < -0.39 is 40.7 Å². The van der Waals surface area contributed by atoms with Crippen LogP contribution in [0.3, 0.4) is 0 Å². The number of unbranched alkanes of at least 4 members (excludes halogenated alkanes) is 1. The fraction of sp³-hybridized carbons (Fsp3) is 0.347. The number of carbonyl (C=O) groups is 6. The Hall–Kier alpha value is -6.09. The van der Waals surface area contributed by atoms with Crippen LogP contribution in [-0.4, -0.2) is 64.5 Å². The highest BCUT2D eigenvalue weighted by atomic mass is 35.5. The van der Waals surface area contributed by atoms with Crippen molar-refractivity contribution in [3.05, 3.63) is 135 Å². The van der Waals surface area contributed by atoms with Gasteiger partial charge in [-0.3, -0.25) is 34.1 Å². The van der Waals surface area contributed by atoms with E-state index in [1.807, 2.05) is 0 Å². The predicted octanol–water partition coefficient (Wildman–Crippen LogP) is 7.71. The van der Waals surface area contributed by atoms with Gasteiger partial charge in [-0.2, -0.15) is 0 Å². The molecule has 1 unspecified atom stereocenters. The Morgan fingerprint density at radius 1 is 0.892 bits per heavy atom. The van der Waals surface area contributed by atoms with Gasteiger partial charge in [0.05, 0.1) is 11.1 Å². The normalized spacial score (nSPS) is 22.9. The van der Waals surface area contributed by atoms with Crippen LogP contribution >= 0.6 is 23.2 Å². The molecule has 3 fully saturated rings. The van der Waals surface area contributed by atoms with Crippen LogP contribution in [0.2, 0.25) is 10.0 Å². The van der Waals surface area contributed by atoms with Crippen LogP contribution in [0.25, 0.3) is 0 Å². The summed E-state index contributed by atoms with van der Waals surface area (Å²) in [5.41, 5.74) is 2.13. The van der Waals surface area contributed by atoms with Gasteiger partial charge < -0.3 is 31.5 Å². The quantitative estimate of drug-likeness (QED) is 0.0835. The molecule has 4 heterocycles. The Labute approximate surface area is 385 Å². The molecule has 2 saturated heterocycles. The zero-order valence-electron chi connectivity index (χ0n) is 35.5. The van der Waals surface area contributed by atoms with Crippen molar-refractivity contribution >= 4 is 75.7 Å². The fourth-order valence-corrected chi connectivity index (χ4v) is 11.2. The van der Waals surface area contributed by atoms with Gasteiger partial charge in [-0.15, -0.1) is 0 Å². The smallest absolute Gasteiger partial charge is 0.255 e. The average molecular weight is 921 g/mol. The molecule has 13 nitrogen and oxygen atoms in total. The molecule has 4 aliphatic heterocycles. The van der Waals surface area contributed by atoms with Gasteiger partial charge in [0.25, 0.3) is 11.8 Å². The number of nitrogens with one attached hydrogen (secondary N) is 6. The van der Waals surface area contributed by atoms with E-state index >= 15 is 4.39 Å². The highest BCUT2D eigenvalue weighted by Gasteiger charge is 2.72. The lowest BCUT2D eigenvalue weighted by Crippen LogP contribution is -2.60. The van der Waals surface area contributed by atoms with Gasteiger partial charge in [-0.05, 0) is 104 Å². The summed E-state index contributed by atoms with van der Waals surface area (Å²) in [4.78, 5) is 82.6. The number of hydrogen-bond donors (Lipinski definition) is 6. The average Bonchev–Trinajstić information content (AvgIpc) is 3.88. The number of anilines is 3. The van der Waals surface area contributed by atoms with Gasteiger partial charge in [0.2, 0.25) is 23.6 Å². The third-order valence-electron chi connectivity index (χ3n) is 13.8. The number of allylic oxidation sites excluding steroid dienone is 1. The Kier molecular flexibility index (Phi) is 12.0. The summed E-state index contributed by atoms with van der Waals surface area (Å²) in [5.74, 6) is -3.57. The maximum Gasteiger partial charge on any atom is 0.255 e. The lowest BCUT2D eigenvalue weighted by atomic mass is 9.55. The molecule has 1 aliphatic carbocycles. The van der Waals surface area contributed by atoms with Crippen molar-refractivity contribution in [2.45, 2.75) is 99.7 Å². The largest absolute Gasteiger partial charge is 0.352 e. The number of halogens is 3. The summed E-state index contributed by atoms with van der Waals surface area (Å²) in [6.07, 6.45) is 6.02.